The van der Waals surface area contributed by atoms with Crippen molar-refractivity contribution in [2.45, 2.75) is 23.1 Å². The van der Waals surface area contributed by atoms with Crippen LogP contribution in [0.4, 0.5) is 0 Å². The largest absolute Gasteiger partial charge is 0.341 e. The summed E-state index contributed by atoms with van der Waals surface area (Å²) < 4.78 is 24.9. The second kappa shape index (κ2) is 9.49. The van der Waals surface area contributed by atoms with Crippen LogP contribution in [-0.2, 0) is 9.84 Å². The summed E-state index contributed by atoms with van der Waals surface area (Å²) in [6.07, 6.45) is 2.54. The number of aromatic nitrogens is 3. The second-order valence-electron chi connectivity index (χ2n) is 7.22. The predicted octanol–water partition coefficient (Wildman–Crippen LogP) is 5.36. The van der Waals surface area contributed by atoms with E-state index in [1.54, 1.807) is 12.1 Å². The van der Waals surface area contributed by atoms with Crippen molar-refractivity contribution in [2.75, 3.05) is 5.75 Å². The summed E-state index contributed by atoms with van der Waals surface area (Å²) >= 11 is 4.72. The average Bonchev–Trinajstić information content (AvgIpc) is 3.26. The zero-order chi connectivity index (χ0) is 21.7. The number of nitrogens with zero attached hydrogens (tertiary/aromatic N) is 2. The van der Waals surface area contributed by atoms with Crippen LogP contribution in [0.1, 0.15) is 23.9 Å². The molecule has 2 aromatic heterocycles. The van der Waals surface area contributed by atoms with Crippen LogP contribution in [0.2, 0.25) is 0 Å². The molecule has 0 amide bonds. The van der Waals surface area contributed by atoms with Gasteiger partial charge in [-0.05, 0) is 25.0 Å². The van der Waals surface area contributed by atoms with E-state index >= 15 is 0 Å². The summed E-state index contributed by atoms with van der Waals surface area (Å²) in [5.41, 5.74) is 3.85. The highest BCUT2D eigenvalue weighted by atomic mass is 32.2. The van der Waals surface area contributed by atoms with E-state index in [-0.39, 0.29) is 16.0 Å². The Labute approximate surface area is 187 Å². The molecule has 158 valence electrons. The standard InChI is InChI=1S/C24H23N3O2S2/c28-31(29,21-15-7-8-16-25-21)17-9-14-20(30)24-26-22(18-10-3-1-4-11-18)23(27-24)19-12-5-2-6-13-19/h1-8,10-13,15-16,20,30H,9,14,17H2,(H,26,27). The molecule has 1 unspecified atom stereocenters. The Kier molecular flexibility index (Phi) is 6.53. The average molecular weight is 450 g/mol. The Morgan fingerprint density at radius 2 is 1.52 bits per heavy atom. The number of thiol groups is 1. The van der Waals surface area contributed by atoms with Gasteiger partial charge in [0.25, 0.3) is 0 Å². The van der Waals surface area contributed by atoms with E-state index in [2.05, 4.69) is 9.97 Å². The van der Waals surface area contributed by atoms with Gasteiger partial charge in [0.2, 0.25) is 0 Å². The van der Waals surface area contributed by atoms with Gasteiger partial charge in [0.05, 0.1) is 22.4 Å². The van der Waals surface area contributed by atoms with Crippen molar-refractivity contribution in [2.24, 2.45) is 0 Å². The smallest absolute Gasteiger partial charge is 0.195 e. The van der Waals surface area contributed by atoms with Crippen LogP contribution >= 0.6 is 12.6 Å². The molecule has 0 spiro atoms. The summed E-state index contributed by atoms with van der Waals surface area (Å²) in [6.45, 7) is 0. The summed E-state index contributed by atoms with van der Waals surface area (Å²) in [6, 6.07) is 24.9. The van der Waals surface area contributed by atoms with Crippen LogP contribution in [0.5, 0.6) is 0 Å². The molecule has 0 saturated carbocycles. The van der Waals surface area contributed by atoms with Gasteiger partial charge in [0.15, 0.2) is 14.9 Å². The minimum absolute atomic E-state index is 0.0267. The lowest BCUT2D eigenvalue weighted by molar-refractivity contribution is 0.587. The van der Waals surface area contributed by atoms with E-state index in [0.29, 0.717) is 12.8 Å². The topological polar surface area (TPSA) is 75.7 Å². The lowest BCUT2D eigenvalue weighted by Crippen LogP contribution is -2.09. The molecule has 1 N–H and O–H groups in total. The number of pyridine rings is 1. The normalized spacial score (nSPS) is 12.5. The minimum atomic E-state index is -3.40. The highest BCUT2D eigenvalue weighted by Crippen LogP contribution is 2.34. The van der Waals surface area contributed by atoms with Gasteiger partial charge in [-0.1, -0.05) is 66.7 Å². The molecule has 0 radical (unpaired) electrons. The summed E-state index contributed by atoms with van der Waals surface area (Å²) in [5, 5.41) is -0.0969. The van der Waals surface area contributed by atoms with Gasteiger partial charge in [-0.3, -0.25) is 0 Å². The van der Waals surface area contributed by atoms with Crippen molar-refractivity contribution in [1.82, 2.24) is 15.0 Å². The van der Waals surface area contributed by atoms with Gasteiger partial charge in [-0.2, -0.15) is 12.6 Å². The summed E-state index contributed by atoms with van der Waals surface area (Å²) in [7, 11) is -3.40. The van der Waals surface area contributed by atoms with E-state index in [9.17, 15) is 8.42 Å². The predicted molar refractivity (Wildman–Crippen MR) is 127 cm³/mol. The first-order valence-corrected chi connectivity index (χ1v) is 12.2. The molecular formula is C24H23N3O2S2. The van der Waals surface area contributed by atoms with Gasteiger partial charge < -0.3 is 4.98 Å². The number of sulfone groups is 1. The van der Waals surface area contributed by atoms with Crippen LogP contribution in [0.3, 0.4) is 0 Å². The zero-order valence-electron chi connectivity index (χ0n) is 16.8. The third kappa shape index (κ3) is 5.06. The molecule has 0 saturated heterocycles. The molecule has 0 aliphatic carbocycles. The lowest BCUT2D eigenvalue weighted by atomic mass is 10.1. The van der Waals surface area contributed by atoms with E-state index in [1.807, 2.05) is 60.7 Å². The first-order valence-electron chi connectivity index (χ1n) is 10.1. The van der Waals surface area contributed by atoms with Crippen molar-refractivity contribution >= 4 is 22.5 Å². The number of hydrogen-bond donors (Lipinski definition) is 2. The van der Waals surface area contributed by atoms with Gasteiger partial charge in [-0.25, -0.2) is 18.4 Å². The van der Waals surface area contributed by atoms with Gasteiger partial charge in [-0.15, -0.1) is 0 Å². The SMILES string of the molecule is O=S(=O)(CCCC(S)c1nc(-c2ccccc2)c(-c2ccccc2)[nH]1)c1ccccn1. The maximum absolute atomic E-state index is 12.5. The fourth-order valence-corrected chi connectivity index (χ4v) is 4.98. The quantitative estimate of drug-likeness (QED) is 0.355. The van der Waals surface area contributed by atoms with Gasteiger partial charge >= 0.3 is 0 Å². The Bertz CT molecular complexity index is 1170. The van der Waals surface area contributed by atoms with Crippen LogP contribution in [-0.4, -0.2) is 29.1 Å². The Morgan fingerprint density at radius 1 is 0.871 bits per heavy atom. The van der Waals surface area contributed by atoms with Gasteiger partial charge in [0, 0.05) is 17.3 Å². The molecule has 31 heavy (non-hydrogen) atoms. The van der Waals surface area contributed by atoms with Crippen molar-refractivity contribution in [1.29, 1.82) is 0 Å². The molecule has 0 aliphatic heterocycles. The van der Waals surface area contributed by atoms with E-state index in [1.165, 1.54) is 12.3 Å². The molecule has 0 fully saturated rings. The number of imidazole rings is 1. The van der Waals surface area contributed by atoms with Crippen LogP contribution < -0.4 is 0 Å². The Hall–Kier alpha value is -2.90. The first kappa shape index (κ1) is 21.3. The number of benzene rings is 2. The molecule has 2 aromatic carbocycles. The van der Waals surface area contributed by atoms with E-state index in [0.717, 1.165) is 28.3 Å². The molecule has 1 atom stereocenters. The third-order valence-corrected chi connectivity index (χ3v) is 7.20. The van der Waals surface area contributed by atoms with Crippen molar-refractivity contribution in [3.05, 3.63) is 90.9 Å². The summed E-state index contributed by atoms with van der Waals surface area (Å²) in [5.74, 6) is 0.759. The number of aromatic amines is 1. The van der Waals surface area contributed by atoms with E-state index < -0.39 is 9.84 Å². The fraction of sp³-hybridized carbons (Fsp3) is 0.167. The zero-order valence-corrected chi connectivity index (χ0v) is 18.6. The van der Waals surface area contributed by atoms with E-state index in [4.69, 9.17) is 17.6 Å². The van der Waals surface area contributed by atoms with Crippen LogP contribution in [0.15, 0.2) is 90.1 Å². The summed E-state index contributed by atoms with van der Waals surface area (Å²) in [4.78, 5) is 12.2. The molecule has 7 heteroatoms. The fourth-order valence-electron chi connectivity index (χ4n) is 3.41. The van der Waals surface area contributed by atoms with Gasteiger partial charge in [0.1, 0.15) is 5.82 Å². The highest BCUT2D eigenvalue weighted by molar-refractivity contribution is 7.91. The Balaban J connectivity index is 1.53. The molecule has 2 heterocycles. The lowest BCUT2D eigenvalue weighted by Gasteiger charge is -2.08. The first-order chi connectivity index (χ1) is 15.0. The Morgan fingerprint density at radius 3 is 2.16 bits per heavy atom. The monoisotopic (exact) mass is 449 g/mol. The number of hydrogen-bond acceptors (Lipinski definition) is 5. The molecule has 4 rings (SSSR count). The maximum Gasteiger partial charge on any atom is 0.195 e. The van der Waals surface area contributed by atoms with Crippen molar-refractivity contribution < 1.29 is 8.42 Å². The number of nitrogens with one attached hydrogen (secondary N) is 1. The minimum Gasteiger partial charge on any atom is -0.341 e. The van der Waals surface area contributed by atoms with Crippen LogP contribution in [0, 0.1) is 0 Å². The number of H-pyrrole nitrogens is 1. The molecule has 4 aromatic rings. The highest BCUT2D eigenvalue weighted by Gasteiger charge is 2.20. The van der Waals surface area contributed by atoms with Crippen LogP contribution in [0.25, 0.3) is 22.5 Å². The second-order valence-corrected chi connectivity index (χ2v) is 9.90. The maximum atomic E-state index is 12.5. The molecule has 0 aliphatic rings. The molecule has 5 nitrogen and oxygen atoms in total. The third-order valence-electron chi connectivity index (χ3n) is 4.99. The number of rotatable bonds is 8. The molecular weight excluding hydrogens is 426 g/mol. The van der Waals surface area contributed by atoms with Crippen molar-refractivity contribution in [3.8, 4) is 22.5 Å². The van der Waals surface area contributed by atoms with Crippen molar-refractivity contribution in [3.63, 3.8) is 0 Å². The molecule has 0 bridgehead atoms.